The molecule has 1 aliphatic rings. The lowest BCUT2D eigenvalue weighted by molar-refractivity contribution is 0.0580. The molecule has 1 fully saturated rings. The standard InChI is InChI=1S/C21H20ClN3O4/c1-28-21(27)18-3-2-4-19-23-17(13-25(18)19)20(26)24-11-9-16(10-12-24)29-15-7-5-14(22)6-8-15/h2-8,13,16H,9-12H2,1H3. The Morgan fingerprint density at radius 2 is 1.83 bits per heavy atom. The normalized spacial score (nSPS) is 14.8. The number of imidazole rings is 1. The lowest BCUT2D eigenvalue weighted by Gasteiger charge is -2.31. The van der Waals surface area contributed by atoms with E-state index in [1.165, 1.54) is 7.11 Å². The first-order valence-corrected chi connectivity index (χ1v) is 9.71. The molecule has 0 aliphatic carbocycles. The topological polar surface area (TPSA) is 73.1 Å². The number of ether oxygens (including phenoxy) is 2. The molecule has 29 heavy (non-hydrogen) atoms. The summed E-state index contributed by atoms with van der Waals surface area (Å²) < 4.78 is 12.4. The highest BCUT2D eigenvalue weighted by Crippen LogP contribution is 2.22. The van der Waals surface area contributed by atoms with Crippen LogP contribution in [0, 0.1) is 0 Å². The van der Waals surface area contributed by atoms with Crippen LogP contribution in [-0.4, -0.2) is 52.5 Å². The summed E-state index contributed by atoms with van der Waals surface area (Å²) in [6.45, 7) is 1.16. The highest BCUT2D eigenvalue weighted by atomic mass is 35.5. The second-order valence-electron chi connectivity index (χ2n) is 6.82. The second kappa shape index (κ2) is 8.13. The molecule has 1 amide bonds. The van der Waals surface area contributed by atoms with Crippen molar-refractivity contribution in [2.75, 3.05) is 20.2 Å². The summed E-state index contributed by atoms with van der Waals surface area (Å²) in [5.41, 5.74) is 1.15. The number of hydrogen-bond donors (Lipinski definition) is 0. The number of amides is 1. The van der Waals surface area contributed by atoms with E-state index in [2.05, 4.69) is 4.98 Å². The Balaban J connectivity index is 1.43. The first-order valence-electron chi connectivity index (χ1n) is 9.33. The van der Waals surface area contributed by atoms with Gasteiger partial charge in [0, 0.05) is 37.2 Å². The summed E-state index contributed by atoms with van der Waals surface area (Å²) >= 11 is 5.90. The summed E-state index contributed by atoms with van der Waals surface area (Å²) in [5, 5.41) is 0.667. The van der Waals surface area contributed by atoms with Crippen LogP contribution < -0.4 is 4.74 Å². The number of carbonyl (C=O) groups is 2. The fourth-order valence-electron chi connectivity index (χ4n) is 3.43. The number of fused-ring (bicyclic) bond motifs is 1. The molecule has 1 aromatic carbocycles. The molecule has 3 heterocycles. The summed E-state index contributed by atoms with van der Waals surface area (Å²) in [4.78, 5) is 31.0. The molecular weight excluding hydrogens is 394 g/mol. The van der Waals surface area contributed by atoms with Gasteiger partial charge in [-0.05, 0) is 36.4 Å². The van der Waals surface area contributed by atoms with Gasteiger partial charge in [0.15, 0.2) is 0 Å². The molecule has 0 unspecified atom stereocenters. The number of methoxy groups -OCH3 is 1. The fraction of sp³-hybridized carbons (Fsp3) is 0.286. The van der Waals surface area contributed by atoms with Crippen LogP contribution in [0.25, 0.3) is 5.65 Å². The van der Waals surface area contributed by atoms with Crippen LogP contribution in [0.5, 0.6) is 5.75 Å². The van der Waals surface area contributed by atoms with Crippen molar-refractivity contribution in [2.45, 2.75) is 18.9 Å². The molecule has 0 radical (unpaired) electrons. The minimum atomic E-state index is -0.479. The monoisotopic (exact) mass is 413 g/mol. The average molecular weight is 414 g/mol. The van der Waals surface area contributed by atoms with E-state index in [9.17, 15) is 9.59 Å². The predicted molar refractivity (Wildman–Crippen MR) is 108 cm³/mol. The van der Waals surface area contributed by atoms with E-state index in [0.29, 0.717) is 35.1 Å². The SMILES string of the molecule is COC(=O)c1cccc2nc(C(=O)N3CCC(Oc4ccc(Cl)cc4)CC3)cn12. The van der Waals surface area contributed by atoms with E-state index in [-0.39, 0.29) is 12.0 Å². The Bertz CT molecular complexity index is 1040. The van der Waals surface area contributed by atoms with Crippen molar-refractivity contribution in [3.63, 3.8) is 0 Å². The third kappa shape index (κ3) is 4.05. The molecule has 0 spiro atoms. The van der Waals surface area contributed by atoms with Crippen molar-refractivity contribution < 1.29 is 19.1 Å². The Hall–Kier alpha value is -3.06. The lowest BCUT2D eigenvalue weighted by atomic mass is 10.1. The van der Waals surface area contributed by atoms with Gasteiger partial charge in [-0.25, -0.2) is 9.78 Å². The third-order valence-electron chi connectivity index (χ3n) is 4.95. The zero-order chi connectivity index (χ0) is 20.4. The molecule has 0 bridgehead atoms. The number of pyridine rings is 1. The van der Waals surface area contributed by atoms with Gasteiger partial charge in [0.2, 0.25) is 0 Å². The molecule has 0 saturated carbocycles. The minimum absolute atomic E-state index is 0.0484. The Morgan fingerprint density at radius 3 is 2.52 bits per heavy atom. The maximum Gasteiger partial charge on any atom is 0.355 e. The summed E-state index contributed by atoms with van der Waals surface area (Å²) in [6, 6.07) is 12.4. The van der Waals surface area contributed by atoms with Crippen molar-refractivity contribution in [3.8, 4) is 5.75 Å². The number of nitrogens with zero attached hydrogens (tertiary/aromatic N) is 3. The smallest absolute Gasteiger partial charge is 0.355 e. The first-order chi connectivity index (χ1) is 14.0. The molecule has 1 aliphatic heterocycles. The first kappa shape index (κ1) is 19.3. The van der Waals surface area contributed by atoms with Crippen molar-refractivity contribution in [1.82, 2.24) is 14.3 Å². The number of rotatable bonds is 4. The second-order valence-corrected chi connectivity index (χ2v) is 7.26. The third-order valence-corrected chi connectivity index (χ3v) is 5.20. The fourth-order valence-corrected chi connectivity index (χ4v) is 3.56. The number of hydrogen-bond acceptors (Lipinski definition) is 5. The van der Waals surface area contributed by atoms with Crippen LogP contribution in [0.2, 0.25) is 5.02 Å². The van der Waals surface area contributed by atoms with Crippen molar-refractivity contribution in [2.24, 2.45) is 0 Å². The highest BCUT2D eigenvalue weighted by molar-refractivity contribution is 6.30. The van der Waals surface area contributed by atoms with Gasteiger partial charge in [0.05, 0.1) is 7.11 Å². The van der Waals surface area contributed by atoms with Crippen LogP contribution in [0.4, 0.5) is 0 Å². The van der Waals surface area contributed by atoms with E-state index in [1.807, 2.05) is 12.1 Å². The van der Waals surface area contributed by atoms with Crippen molar-refractivity contribution in [1.29, 1.82) is 0 Å². The number of likely N-dealkylation sites (tertiary alicyclic amines) is 1. The Kier molecular flexibility index (Phi) is 5.40. The van der Waals surface area contributed by atoms with Crippen LogP contribution >= 0.6 is 11.6 Å². The molecule has 0 atom stereocenters. The van der Waals surface area contributed by atoms with Gasteiger partial charge < -0.3 is 14.4 Å². The van der Waals surface area contributed by atoms with E-state index in [4.69, 9.17) is 21.1 Å². The van der Waals surface area contributed by atoms with Crippen molar-refractivity contribution in [3.05, 3.63) is 65.1 Å². The minimum Gasteiger partial charge on any atom is -0.490 e. The van der Waals surface area contributed by atoms with E-state index in [0.717, 1.165) is 18.6 Å². The summed E-state index contributed by atoms with van der Waals surface area (Å²) in [6.07, 6.45) is 3.09. The zero-order valence-electron chi connectivity index (χ0n) is 15.9. The molecule has 2 aromatic heterocycles. The number of piperidine rings is 1. The number of halogens is 1. The average Bonchev–Trinajstić information content (AvgIpc) is 3.19. The van der Waals surface area contributed by atoms with Gasteiger partial charge in [-0.3, -0.25) is 9.20 Å². The number of carbonyl (C=O) groups excluding carboxylic acids is 2. The van der Waals surface area contributed by atoms with Crippen molar-refractivity contribution >= 4 is 29.1 Å². The van der Waals surface area contributed by atoms with Crippen LogP contribution in [0.3, 0.4) is 0 Å². The van der Waals surface area contributed by atoms with E-state index >= 15 is 0 Å². The number of benzene rings is 1. The van der Waals surface area contributed by atoms with E-state index < -0.39 is 5.97 Å². The van der Waals surface area contributed by atoms with Crippen LogP contribution in [0.1, 0.15) is 33.8 Å². The molecule has 0 N–H and O–H groups in total. The number of esters is 1. The van der Waals surface area contributed by atoms with E-state index in [1.54, 1.807) is 45.8 Å². The summed E-state index contributed by atoms with van der Waals surface area (Å²) in [7, 11) is 1.32. The Labute approximate surface area is 172 Å². The van der Waals surface area contributed by atoms with Gasteiger partial charge in [0.1, 0.15) is 28.9 Å². The zero-order valence-corrected chi connectivity index (χ0v) is 16.6. The van der Waals surface area contributed by atoms with Gasteiger partial charge in [-0.15, -0.1) is 0 Å². The van der Waals surface area contributed by atoms with Gasteiger partial charge in [-0.1, -0.05) is 17.7 Å². The van der Waals surface area contributed by atoms with Gasteiger partial charge >= 0.3 is 5.97 Å². The molecule has 1 saturated heterocycles. The molecule has 4 rings (SSSR count). The quantitative estimate of drug-likeness (QED) is 0.612. The summed E-state index contributed by atoms with van der Waals surface area (Å²) in [5.74, 6) is 0.136. The maximum atomic E-state index is 12.9. The van der Waals surface area contributed by atoms with Gasteiger partial charge in [0.25, 0.3) is 5.91 Å². The molecule has 8 heteroatoms. The molecule has 150 valence electrons. The van der Waals surface area contributed by atoms with Crippen LogP contribution in [-0.2, 0) is 4.74 Å². The largest absolute Gasteiger partial charge is 0.490 e. The lowest BCUT2D eigenvalue weighted by Crippen LogP contribution is -2.41. The number of aromatic nitrogens is 2. The van der Waals surface area contributed by atoms with Crippen LogP contribution in [0.15, 0.2) is 48.7 Å². The Morgan fingerprint density at radius 1 is 1.10 bits per heavy atom. The predicted octanol–water partition coefficient (Wildman–Crippen LogP) is 3.46. The molecule has 3 aromatic rings. The molecule has 7 nitrogen and oxygen atoms in total. The van der Waals surface area contributed by atoms with Gasteiger partial charge in [-0.2, -0.15) is 0 Å². The maximum absolute atomic E-state index is 12.9. The highest BCUT2D eigenvalue weighted by Gasteiger charge is 2.26. The molecular formula is C21H20ClN3O4.